The Morgan fingerprint density at radius 2 is 2.05 bits per heavy atom. The molecule has 0 aromatic heterocycles. The third-order valence-corrected chi connectivity index (χ3v) is 3.30. The van der Waals surface area contributed by atoms with Crippen LogP contribution in [-0.2, 0) is 6.54 Å². The van der Waals surface area contributed by atoms with Gasteiger partial charge in [-0.1, -0.05) is 6.07 Å². The number of nitrogens with one attached hydrogen (secondary N) is 1. The van der Waals surface area contributed by atoms with E-state index in [0.29, 0.717) is 16.7 Å². The van der Waals surface area contributed by atoms with Crippen LogP contribution in [0.3, 0.4) is 0 Å². The Balaban J connectivity index is 2.05. The zero-order valence-electron chi connectivity index (χ0n) is 10.3. The smallest absolute Gasteiger partial charge is 0.167 e. The molecular weight excluding hydrogens is 313 g/mol. The SMILES string of the molecule is COc1ccc(NCc2ccc(O)c(Br)c2)cc1F. The van der Waals surface area contributed by atoms with Gasteiger partial charge in [-0.15, -0.1) is 0 Å². The highest BCUT2D eigenvalue weighted by molar-refractivity contribution is 9.10. The number of hydrogen-bond acceptors (Lipinski definition) is 3. The van der Waals surface area contributed by atoms with Crippen LogP contribution in [0.25, 0.3) is 0 Å². The molecule has 0 heterocycles. The molecule has 2 aromatic rings. The molecule has 0 saturated carbocycles. The maximum atomic E-state index is 13.5. The van der Waals surface area contributed by atoms with Crippen molar-refractivity contribution in [3.63, 3.8) is 0 Å². The summed E-state index contributed by atoms with van der Waals surface area (Å²) in [6.45, 7) is 0.532. The molecular formula is C14H13BrFNO2. The minimum atomic E-state index is -0.403. The molecule has 0 fully saturated rings. The average Bonchev–Trinajstić information content (AvgIpc) is 2.40. The fraction of sp³-hybridized carbons (Fsp3) is 0.143. The number of methoxy groups -OCH3 is 1. The number of benzene rings is 2. The highest BCUT2D eigenvalue weighted by Gasteiger charge is 2.04. The maximum Gasteiger partial charge on any atom is 0.167 e. The topological polar surface area (TPSA) is 41.5 Å². The average molecular weight is 326 g/mol. The van der Waals surface area contributed by atoms with Gasteiger partial charge in [-0.25, -0.2) is 4.39 Å². The van der Waals surface area contributed by atoms with Crippen molar-refractivity contribution >= 4 is 21.6 Å². The molecule has 0 bridgehead atoms. The van der Waals surface area contributed by atoms with Crippen molar-refractivity contribution in [2.24, 2.45) is 0 Å². The van der Waals surface area contributed by atoms with Gasteiger partial charge in [0.1, 0.15) is 5.75 Å². The minimum Gasteiger partial charge on any atom is -0.507 e. The van der Waals surface area contributed by atoms with Crippen LogP contribution in [0, 0.1) is 5.82 Å². The zero-order valence-corrected chi connectivity index (χ0v) is 11.9. The molecule has 2 rings (SSSR count). The molecule has 100 valence electrons. The summed E-state index contributed by atoms with van der Waals surface area (Å²) in [5, 5.41) is 12.5. The zero-order chi connectivity index (χ0) is 13.8. The molecule has 0 amide bonds. The lowest BCUT2D eigenvalue weighted by Gasteiger charge is -2.09. The van der Waals surface area contributed by atoms with Gasteiger partial charge in [0, 0.05) is 18.3 Å². The first kappa shape index (κ1) is 13.7. The third kappa shape index (κ3) is 3.38. The lowest BCUT2D eigenvalue weighted by molar-refractivity contribution is 0.386. The fourth-order valence-corrected chi connectivity index (χ4v) is 2.07. The molecule has 0 aliphatic rings. The van der Waals surface area contributed by atoms with Crippen LogP contribution in [0.15, 0.2) is 40.9 Å². The quantitative estimate of drug-likeness (QED) is 0.895. The molecule has 0 saturated heterocycles. The number of phenolic OH excluding ortho intramolecular Hbond substituents is 1. The van der Waals surface area contributed by atoms with Gasteiger partial charge in [0.25, 0.3) is 0 Å². The van der Waals surface area contributed by atoms with Gasteiger partial charge in [0.2, 0.25) is 0 Å². The fourth-order valence-electron chi connectivity index (χ4n) is 1.64. The Bertz CT molecular complexity index is 590. The second-order valence-electron chi connectivity index (χ2n) is 3.99. The second-order valence-corrected chi connectivity index (χ2v) is 4.84. The minimum absolute atomic E-state index is 0.194. The predicted molar refractivity (Wildman–Crippen MR) is 76.1 cm³/mol. The van der Waals surface area contributed by atoms with Gasteiger partial charge >= 0.3 is 0 Å². The van der Waals surface area contributed by atoms with E-state index >= 15 is 0 Å². The van der Waals surface area contributed by atoms with E-state index in [1.807, 2.05) is 6.07 Å². The van der Waals surface area contributed by atoms with Crippen LogP contribution in [0.2, 0.25) is 0 Å². The normalized spacial score (nSPS) is 10.3. The van der Waals surface area contributed by atoms with Gasteiger partial charge in [-0.2, -0.15) is 0 Å². The lowest BCUT2D eigenvalue weighted by Crippen LogP contribution is -2.00. The number of ether oxygens (including phenoxy) is 1. The van der Waals surface area contributed by atoms with Crippen molar-refractivity contribution in [2.75, 3.05) is 12.4 Å². The van der Waals surface area contributed by atoms with Gasteiger partial charge < -0.3 is 15.2 Å². The van der Waals surface area contributed by atoms with Crippen molar-refractivity contribution in [2.45, 2.75) is 6.54 Å². The largest absolute Gasteiger partial charge is 0.507 e. The van der Waals surface area contributed by atoms with Gasteiger partial charge in [-0.05, 0) is 45.8 Å². The van der Waals surface area contributed by atoms with E-state index in [9.17, 15) is 9.50 Å². The molecule has 0 unspecified atom stereocenters. The summed E-state index contributed by atoms with van der Waals surface area (Å²) in [6.07, 6.45) is 0. The van der Waals surface area contributed by atoms with Gasteiger partial charge in [-0.3, -0.25) is 0 Å². The van der Waals surface area contributed by atoms with Crippen molar-refractivity contribution in [1.82, 2.24) is 0 Å². The Morgan fingerprint density at radius 1 is 1.26 bits per heavy atom. The van der Waals surface area contributed by atoms with E-state index < -0.39 is 5.82 Å². The number of aromatic hydroxyl groups is 1. The Kier molecular flexibility index (Phi) is 4.27. The Morgan fingerprint density at radius 3 is 2.68 bits per heavy atom. The first-order valence-corrected chi connectivity index (χ1v) is 6.44. The lowest BCUT2D eigenvalue weighted by atomic mass is 10.2. The van der Waals surface area contributed by atoms with Crippen molar-refractivity contribution in [3.8, 4) is 11.5 Å². The van der Waals surface area contributed by atoms with Crippen LogP contribution in [0.5, 0.6) is 11.5 Å². The summed E-state index contributed by atoms with van der Waals surface area (Å²) in [4.78, 5) is 0. The summed E-state index contributed by atoms with van der Waals surface area (Å²) in [5.41, 5.74) is 1.64. The van der Waals surface area contributed by atoms with E-state index in [4.69, 9.17) is 4.74 Å². The summed E-state index contributed by atoms with van der Waals surface area (Å²) in [6, 6.07) is 9.92. The summed E-state index contributed by atoms with van der Waals surface area (Å²) in [5.74, 6) is 0.0107. The highest BCUT2D eigenvalue weighted by atomic mass is 79.9. The molecule has 3 nitrogen and oxygen atoms in total. The Labute approximate surface area is 119 Å². The summed E-state index contributed by atoms with van der Waals surface area (Å²) >= 11 is 3.25. The van der Waals surface area contributed by atoms with Gasteiger partial charge in [0.05, 0.1) is 11.6 Å². The molecule has 0 spiro atoms. The monoisotopic (exact) mass is 325 g/mol. The first-order valence-electron chi connectivity index (χ1n) is 5.65. The Hall–Kier alpha value is -1.75. The van der Waals surface area contributed by atoms with E-state index in [0.717, 1.165) is 5.56 Å². The molecule has 19 heavy (non-hydrogen) atoms. The van der Waals surface area contributed by atoms with E-state index in [1.54, 1.807) is 24.3 Å². The number of anilines is 1. The number of rotatable bonds is 4. The maximum absolute atomic E-state index is 13.5. The van der Waals surface area contributed by atoms with Crippen LogP contribution >= 0.6 is 15.9 Å². The number of hydrogen-bond donors (Lipinski definition) is 2. The van der Waals surface area contributed by atoms with Crippen LogP contribution in [-0.4, -0.2) is 12.2 Å². The molecule has 0 atom stereocenters. The molecule has 0 aliphatic carbocycles. The third-order valence-electron chi connectivity index (χ3n) is 2.66. The second kappa shape index (κ2) is 5.93. The molecule has 0 radical (unpaired) electrons. The summed E-state index contributed by atoms with van der Waals surface area (Å²) in [7, 11) is 1.43. The molecule has 2 N–H and O–H groups in total. The number of phenols is 1. The van der Waals surface area contributed by atoms with E-state index in [2.05, 4.69) is 21.2 Å². The number of halogens is 2. The standard InChI is InChI=1S/C14H13BrFNO2/c1-19-14-5-3-10(7-12(14)16)17-8-9-2-4-13(18)11(15)6-9/h2-7,17-18H,8H2,1H3. The van der Waals surface area contributed by atoms with Crippen molar-refractivity contribution < 1.29 is 14.2 Å². The molecule has 0 aliphatic heterocycles. The van der Waals surface area contributed by atoms with Crippen LogP contribution in [0.1, 0.15) is 5.56 Å². The molecule has 2 aromatic carbocycles. The van der Waals surface area contributed by atoms with E-state index in [1.165, 1.54) is 13.2 Å². The van der Waals surface area contributed by atoms with Crippen molar-refractivity contribution in [1.29, 1.82) is 0 Å². The van der Waals surface area contributed by atoms with Crippen molar-refractivity contribution in [3.05, 3.63) is 52.3 Å². The van der Waals surface area contributed by atoms with Crippen LogP contribution in [0.4, 0.5) is 10.1 Å². The molecule has 5 heteroatoms. The first-order chi connectivity index (χ1) is 9.10. The van der Waals surface area contributed by atoms with E-state index in [-0.39, 0.29) is 11.5 Å². The van der Waals surface area contributed by atoms with Crippen LogP contribution < -0.4 is 10.1 Å². The van der Waals surface area contributed by atoms with Gasteiger partial charge in [0.15, 0.2) is 11.6 Å². The highest BCUT2D eigenvalue weighted by Crippen LogP contribution is 2.25. The predicted octanol–water partition coefficient (Wildman–Crippen LogP) is 3.91. The summed E-state index contributed by atoms with van der Waals surface area (Å²) < 4.78 is 19.0.